The molecule has 0 unspecified atom stereocenters. The second-order valence-corrected chi connectivity index (χ2v) is 10.9. The molecule has 2 amide bonds. The molecular weight excluding hydrogens is 570 g/mol. The summed E-state index contributed by atoms with van der Waals surface area (Å²) in [4.78, 5) is 30.9. The van der Waals surface area contributed by atoms with Crippen molar-refractivity contribution in [1.82, 2.24) is 15.6 Å². The first kappa shape index (κ1) is 29.1. The topological polar surface area (TPSA) is 83.6 Å². The highest BCUT2D eigenvalue weighted by molar-refractivity contribution is 6.34. The highest BCUT2D eigenvalue weighted by Gasteiger charge is 2.44. The Hall–Kier alpha value is -2.86. The van der Waals surface area contributed by atoms with Crippen LogP contribution in [0.15, 0.2) is 24.4 Å². The maximum atomic E-state index is 15.0. The molecule has 2 aliphatic rings. The molecule has 2 saturated heterocycles. The van der Waals surface area contributed by atoms with E-state index in [2.05, 4.69) is 10.3 Å². The van der Waals surface area contributed by atoms with Crippen molar-refractivity contribution in [1.29, 1.82) is 0 Å². The average Bonchev–Trinajstić information content (AvgIpc) is 3.09. The van der Waals surface area contributed by atoms with E-state index >= 15 is 0 Å². The minimum absolute atomic E-state index is 0.00569. The van der Waals surface area contributed by atoms with Crippen molar-refractivity contribution in [3.05, 3.63) is 51.6 Å². The summed E-state index contributed by atoms with van der Waals surface area (Å²) in [6, 6.07) is 2.49. The molecule has 39 heavy (non-hydrogen) atoms. The third-order valence-corrected chi connectivity index (χ3v) is 7.32. The van der Waals surface area contributed by atoms with Gasteiger partial charge in [-0.05, 0) is 51.7 Å². The maximum Gasteiger partial charge on any atom is 0.405 e. The van der Waals surface area contributed by atoms with Crippen molar-refractivity contribution < 1.29 is 36.3 Å². The minimum atomic E-state index is -4.59. The molecule has 7 nitrogen and oxygen atoms in total. The molecule has 0 spiro atoms. The molecule has 0 radical (unpaired) electrons. The van der Waals surface area contributed by atoms with Gasteiger partial charge < -0.3 is 20.3 Å². The Morgan fingerprint density at radius 1 is 1.05 bits per heavy atom. The summed E-state index contributed by atoms with van der Waals surface area (Å²) in [6.07, 6.45) is -1.15. The van der Waals surface area contributed by atoms with Gasteiger partial charge in [0.05, 0.1) is 15.6 Å². The SMILES string of the molecule is CC(C)(Oc1cc(Cl)c(F)cc1Cl)C(=O)N[C@H]1C[C@H]2CC[C@@H](C1)N2c1ncc(C(=O)NCC(F)(F)F)cc1F. The highest BCUT2D eigenvalue weighted by atomic mass is 35.5. The fourth-order valence-corrected chi connectivity index (χ4v) is 5.27. The van der Waals surface area contributed by atoms with Crippen molar-refractivity contribution in [3.63, 3.8) is 0 Å². The van der Waals surface area contributed by atoms with Crippen LogP contribution in [0, 0.1) is 11.6 Å². The fourth-order valence-electron chi connectivity index (χ4n) is 4.93. The molecule has 3 heterocycles. The Kier molecular flexibility index (Phi) is 8.18. The molecule has 1 aromatic heterocycles. The molecule has 0 aliphatic carbocycles. The van der Waals surface area contributed by atoms with Gasteiger partial charge in [-0.3, -0.25) is 9.59 Å². The van der Waals surface area contributed by atoms with Crippen molar-refractivity contribution in [2.75, 3.05) is 11.4 Å². The van der Waals surface area contributed by atoms with Crippen LogP contribution in [0.2, 0.25) is 10.0 Å². The lowest BCUT2D eigenvalue weighted by molar-refractivity contribution is -0.135. The number of nitrogens with one attached hydrogen (secondary N) is 2. The molecular formula is C25H25Cl2F5N4O3. The number of hydrogen-bond donors (Lipinski definition) is 2. The zero-order valence-electron chi connectivity index (χ0n) is 20.8. The predicted octanol–water partition coefficient (Wildman–Crippen LogP) is 5.43. The number of ether oxygens (including phenoxy) is 1. The van der Waals surface area contributed by atoms with Crippen LogP contribution in [0.5, 0.6) is 5.75 Å². The van der Waals surface area contributed by atoms with Crippen LogP contribution in [0.4, 0.5) is 27.8 Å². The van der Waals surface area contributed by atoms with E-state index in [4.69, 9.17) is 27.9 Å². The summed E-state index contributed by atoms with van der Waals surface area (Å²) < 4.78 is 71.4. The van der Waals surface area contributed by atoms with Gasteiger partial charge in [-0.2, -0.15) is 13.2 Å². The molecule has 2 aromatic rings. The summed E-state index contributed by atoms with van der Waals surface area (Å²) in [7, 11) is 0. The fraction of sp³-hybridized carbons (Fsp3) is 0.480. The van der Waals surface area contributed by atoms with Crippen molar-refractivity contribution in [2.24, 2.45) is 0 Å². The number of fused-ring (bicyclic) bond motifs is 2. The van der Waals surface area contributed by atoms with Gasteiger partial charge >= 0.3 is 6.18 Å². The molecule has 2 N–H and O–H groups in total. The molecule has 2 fully saturated rings. The first-order valence-corrected chi connectivity index (χ1v) is 12.8. The van der Waals surface area contributed by atoms with Crippen LogP contribution < -0.4 is 20.3 Å². The van der Waals surface area contributed by atoms with E-state index in [1.165, 1.54) is 19.9 Å². The number of benzene rings is 1. The summed E-state index contributed by atoms with van der Waals surface area (Å²) in [5.41, 5.74) is -1.70. The lowest BCUT2D eigenvalue weighted by Crippen LogP contribution is -2.55. The molecule has 2 aliphatic heterocycles. The van der Waals surface area contributed by atoms with Crippen LogP contribution >= 0.6 is 23.2 Å². The molecule has 4 rings (SSSR count). The smallest absolute Gasteiger partial charge is 0.405 e. The Morgan fingerprint density at radius 3 is 2.28 bits per heavy atom. The molecule has 3 atom stereocenters. The van der Waals surface area contributed by atoms with Gasteiger partial charge in [-0.15, -0.1) is 0 Å². The van der Waals surface area contributed by atoms with E-state index in [1.54, 1.807) is 10.2 Å². The van der Waals surface area contributed by atoms with Crippen molar-refractivity contribution in [2.45, 2.75) is 69.4 Å². The largest absolute Gasteiger partial charge is 0.476 e. The minimum Gasteiger partial charge on any atom is -0.476 e. The molecule has 1 aromatic carbocycles. The second-order valence-electron chi connectivity index (χ2n) is 10.1. The lowest BCUT2D eigenvalue weighted by Gasteiger charge is -2.41. The number of carbonyl (C=O) groups excluding carboxylic acids is 2. The third-order valence-electron chi connectivity index (χ3n) is 6.73. The number of nitrogens with zero attached hydrogens (tertiary/aromatic N) is 2. The number of rotatable bonds is 7. The van der Waals surface area contributed by atoms with Crippen molar-refractivity contribution in [3.8, 4) is 5.75 Å². The monoisotopic (exact) mass is 594 g/mol. The van der Waals surface area contributed by atoms with Crippen molar-refractivity contribution >= 4 is 40.8 Å². The molecule has 0 saturated carbocycles. The Bertz CT molecular complexity index is 1260. The first-order valence-electron chi connectivity index (χ1n) is 12.1. The van der Waals surface area contributed by atoms with E-state index < -0.39 is 41.8 Å². The van der Waals surface area contributed by atoms with Crippen LogP contribution in [0.3, 0.4) is 0 Å². The van der Waals surface area contributed by atoms with Gasteiger partial charge in [-0.1, -0.05) is 23.2 Å². The Morgan fingerprint density at radius 2 is 1.69 bits per heavy atom. The summed E-state index contributed by atoms with van der Waals surface area (Å²) in [6.45, 7) is 1.53. The quantitative estimate of drug-likeness (QED) is 0.330. The van der Waals surface area contributed by atoms with Gasteiger partial charge in [0.25, 0.3) is 11.8 Å². The zero-order chi connectivity index (χ0) is 28.7. The number of piperidine rings is 1. The zero-order valence-corrected chi connectivity index (χ0v) is 22.4. The normalized spacial score (nSPS) is 21.1. The van der Waals surface area contributed by atoms with Gasteiger partial charge in [-0.25, -0.2) is 13.8 Å². The number of anilines is 1. The number of alkyl halides is 3. The maximum absolute atomic E-state index is 15.0. The third kappa shape index (κ3) is 6.66. The van der Waals surface area contributed by atoms with Gasteiger partial charge in [0.15, 0.2) is 17.2 Å². The van der Waals surface area contributed by atoms with Gasteiger partial charge in [0.2, 0.25) is 0 Å². The molecule has 14 heteroatoms. The number of pyridine rings is 1. The van der Waals surface area contributed by atoms with E-state index in [0.717, 1.165) is 31.2 Å². The second kappa shape index (κ2) is 11.0. The average molecular weight is 595 g/mol. The molecule has 212 valence electrons. The van der Waals surface area contributed by atoms with Crippen LogP contribution in [-0.4, -0.2) is 53.2 Å². The number of amides is 2. The summed E-state index contributed by atoms with van der Waals surface area (Å²) >= 11 is 11.8. The Balaban J connectivity index is 1.40. The lowest BCUT2D eigenvalue weighted by atomic mass is 9.96. The van der Waals surface area contributed by atoms with E-state index in [0.29, 0.717) is 12.8 Å². The van der Waals surface area contributed by atoms with Crippen LogP contribution in [-0.2, 0) is 4.79 Å². The van der Waals surface area contributed by atoms with Gasteiger partial charge in [0.1, 0.15) is 18.1 Å². The first-order chi connectivity index (χ1) is 18.1. The number of halogens is 7. The van der Waals surface area contributed by atoms with Gasteiger partial charge in [0, 0.05) is 30.4 Å². The van der Waals surface area contributed by atoms with E-state index in [-0.39, 0.29) is 45.3 Å². The summed E-state index contributed by atoms with van der Waals surface area (Å²) in [5, 5.41) is 4.41. The predicted molar refractivity (Wildman–Crippen MR) is 134 cm³/mol. The number of hydrogen-bond acceptors (Lipinski definition) is 5. The number of aromatic nitrogens is 1. The highest BCUT2D eigenvalue weighted by Crippen LogP contribution is 2.40. The summed E-state index contributed by atoms with van der Waals surface area (Å²) in [5.74, 6) is -3.00. The number of carbonyl (C=O) groups is 2. The van der Waals surface area contributed by atoms with Crippen LogP contribution in [0.25, 0.3) is 0 Å². The van der Waals surface area contributed by atoms with Crippen LogP contribution in [0.1, 0.15) is 49.9 Å². The van der Waals surface area contributed by atoms with E-state index in [1.807, 2.05) is 0 Å². The standard InChI is InChI=1S/C25H25Cl2F5N4O3/c1-24(2,39-20-9-16(26)18(28)8-17(20)27)23(38)35-13-6-14-3-4-15(7-13)36(14)21-19(29)5-12(10-33-21)22(37)34-11-25(30,31)32/h5,8-10,13-15H,3-4,6-7,11H2,1-2H3,(H,34,37)(H,35,38)/t13-,14+,15-. The van der Waals surface area contributed by atoms with E-state index in [9.17, 15) is 31.5 Å². The Labute approximate surface area is 231 Å². The molecule has 2 bridgehead atoms.